The molecule has 0 rings (SSSR count). The van der Waals surface area contributed by atoms with Crippen LogP contribution in [-0.2, 0) is 9.53 Å². The normalized spacial score (nSPS) is 14.2. The molecule has 4 nitrogen and oxygen atoms in total. The lowest BCUT2D eigenvalue weighted by atomic mass is 9.86. The third-order valence-electron chi connectivity index (χ3n) is 2.81. The molecule has 1 unspecified atom stereocenters. The summed E-state index contributed by atoms with van der Waals surface area (Å²) in [5, 5.41) is 0. The van der Waals surface area contributed by atoms with Crippen molar-refractivity contribution >= 4 is 5.97 Å². The maximum absolute atomic E-state index is 11.6. The molecule has 0 saturated carbocycles. The second-order valence-electron chi connectivity index (χ2n) is 4.09. The molecule has 1 atom stereocenters. The van der Waals surface area contributed by atoms with Gasteiger partial charge in [-0.15, -0.1) is 0 Å². The van der Waals surface area contributed by atoms with E-state index in [1.807, 2.05) is 32.8 Å². The topological polar surface area (TPSA) is 55.6 Å². The van der Waals surface area contributed by atoms with Crippen LogP contribution in [0.3, 0.4) is 0 Å². The standard InChI is InChI=1S/C10H22N2O2/c1-6-14-9(13)8(7-11)10(2,3)12(4)5/h8H,6-7,11H2,1-5H3. The second kappa shape index (κ2) is 5.32. The van der Waals surface area contributed by atoms with Gasteiger partial charge in [0.25, 0.3) is 0 Å². The molecule has 4 heteroatoms. The number of carbonyl (C=O) groups is 1. The highest BCUT2D eigenvalue weighted by Gasteiger charge is 2.36. The maximum Gasteiger partial charge on any atom is 0.312 e. The quantitative estimate of drug-likeness (QED) is 0.658. The van der Waals surface area contributed by atoms with Gasteiger partial charge in [-0.05, 0) is 34.9 Å². The van der Waals surface area contributed by atoms with Gasteiger partial charge in [-0.3, -0.25) is 4.79 Å². The van der Waals surface area contributed by atoms with Gasteiger partial charge in [0.2, 0.25) is 0 Å². The van der Waals surface area contributed by atoms with Crippen LogP contribution in [0.25, 0.3) is 0 Å². The van der Waals surface area contributed by atoms with Gasteiger partial charge in [0.15, 0.2) is 0 Å². The third kappa shape index (κ3) is 2.96. The van der Waals surface area contributed by atoms with Crippen LogP contribution in [0, 0.1) is 5.92 Å². The van der Waals surface area contributed by atoms with Crippen molar-refractivity contribution in [2.75, 3.05) is 27.2 Å². The SMILES string of the molecule is CCOC(=O)C(CN)C(C)(C)N(C)C. The summed E-state index contributed by atoms with van der Waals surface area (Å²) in [5.41, 5.74) is 5.32. The lowest BCUT2D eigenvalue weighted by Crippen LogP contribution is -2.51. The predicted molar refractivity (Wildman–Crippen MR) is 56.9 cm³/mol. The van der Waals surface area contributed by atoms with Crippen molar-refractivity contribution in [2.24, 2.45) is 11.7 Å². The zero-order valence-corrected chi connectivity index (χ0v) is 9.83. The van der Waals surface area contributed by atoms with Crippen LogP contribution in [0.2, 0.25) is 0 Å². The van der Waals surface area contributed by atoms with Crippen LogP contribution < -0.4 is 5.73 Å². The van der Waals surface area contributed by atoms with Crippen molar-refractivity contribution in [1.29, 1.82) is 0 Å². The predicted octanol–water partition coefficient (Wildman–Crippen LogP) is 0.465. The first-order valence-electron chi connectivity index (χ1n) is 4.92. The van der Waals surface area contributed by atoms with Gasteiger partial charge < -0.3 is 15.4 Å². The lowest BCUT2D eigenvalue weighted by Gasteiger charge is -2.38. The average molecular weight is 202 g/mol. The van der Waals surface area contributed by atoms with E-state index in [2.05, 4.69) is 0 Å². The van der Waals surface area contributed by atoms with E-state index in [0.717, 1.165) is 0 Å². The van der Waals surface area contributed by atoms with Crippen molar-refractivity contribution in [3.8, 4) is 0 Å². The first-order chi connectivity index (χ1) is 6.37. The van der Waals surface area contributed by atoms with Gasteiger partial charge in [-0.25, -0.2) is 0 Å². The molecule has 0 aromatic carbocycles. The molecular weight excluding hydrogens is 180 g/mol. The summed E-state index contributed by atoms with van der Waals surface area (Å²) < 4.78 is 4.99. The summed E-state index contributed by atoms with van der Waals surface area (Å²) in [5.74, 6) is -0.494. The molecule has 0 amide bonds. The molecule has 0 radical (unpaired) electrons. The average Bonchev–Trinajstić information content (AvgIpc) is 2.04. The number of nitrogens with two attached hydrogens (primary N) is 1. The summed E-state index contributed by atoms with van der Waals surface area (Å²) in [4.78, 5) is 13.6. The maximum atomic E-state index is 11.6. The van der Waals surface area contributed by atoms with Crippen molar-refractivity contribution < 1.29 is 9.53 Å². The highest BCUT2D eigenvalue weighted by Crippen LogP contribution is 2.22. The van der Waals surface area contributed by atoms with E-state index in [1.165, 1.54) is 0 Å². The molecule has 0 heterocycles. The molecule has 84 valence electrons. The zero-order chi connectivity index (χ0) is 11.4. The molecule has 0 aromatic rings. The van der Waals surface area contributed by atoms with E-state index in [9.17, 15) is 4.79 Å². The Balaban J connectivity index is 4.62. The number of hydrogen-bond acceptors (Lipinski definition) is 4. The largest absolute Gasteiger partial charge is 0.466 e. The molecule has 0 spiro atoms. The molecular formula is C10H22N2O2. The van der Waals surface area contributed by atoms with Crippen molar-refractivity contribution in [3.63, 3.8) is 0 Å². The Morgan fingerprint density at radius 1 is 1.50 bits per heavy atom. The van der Waals surface area contributed by atoms with Gasteiger partial charge >= 0.3 is 5.97 Å². The Bertz CT molecular complexity index is 191. The van der Waals surface area contributed by atoms with Crippen LogP contribution in [0.4, 0.5) is 0 Å². The molecule has 0 bridgehead atoms. The van der Waals surface area contributed by atoms with E-state index in [0.29, 0.717) is 13.2 Å². The summed E-state index contributed by atoms with van der Waals surface area (Å²) in [6.07, 6.45) is 0. The van der Waals surface area contributed by atoms with Gasteiger partial charge in [0, 0.05) is 12.1 Å². The smallest absolute Gasteiger partial charge is 0.312 e. The summed E-state index contributed by atoms with van der Waals surface area (Å²) >= 11 is 0. The van der Waals surface area contributed by atoms with Crippen LogP contribution in [0.1, 0.15) is 20.8 Å². The number of hydrogen-bond donors (Lipinski definition) is 1. The van der Waals surface area contributed by atoms with Gasteiger partial charge in [0.1, 0.15) is 0 Å². The van der Waals surface area contributed by atoms with Crippen LogP contribution >= 0.6 is 0 Å². The van der Waals surface area contributed by atoms with E-state index >= 15 is 0 Å². The minimum Gasteiger partial charge on any atom is -0.466 e. The molecule has 2 N–H and O–H groups in total. The van der Waals surface area contributed by atoms with Crippen molar-refractivity contribution in [1.82, 2.24) is 4.90 Å². The monoisotopic (exact) mass is 202 g/mol. The fourth-order valence-electron chi connectivity index (χ4n) is 1.23. The van der Waals surface area contributed by atoms with Crippen LogP contribution in [-0.4, -0.2) is 43.7 Å². The number of ether oxygens (including phenoxy) is 1. The highest BCUT2D eigenvalue weighted by atomic mass is 16.5. The number of rotatable bonds is 5. The zero-order valence-electron chi connectivity index (χ0n) is 9.83. The molecule has 0 aromatic heterocycles. The lowest BCUT2D eigenvalue weighted by molar-refractivity contribution is -0.152. The number of nitrogens with zero attached hydrogens (tertiary/aromatic N) is 1. The Hall–Kier alpha value is -0.610. The Labute approximate surface area is 86.4 Å². The third-order valence-corrected chi connectivity index (χ3v) is 2.81. The highest BCUT2D eigenvalue weighted by molar-refractivity contribution is 5.74. The summed E-state index contributed by atoms with van der Waals surface area (Å²) in [6, 6.07) is 0. The molecule has 14 heavy (non-hydrogen) atoms. The van der Waals surface area contributed by atoms with E-state index in [4.69, 9.17) is 10.5 Å². The molecule has 0 saturated heterocycles. The molecule has 0 aliphatic heterocycles. The van der Waals surface area contributed by atoms with E-state index in [1.54, 1.807) is 6.92 Å². The van der Waals surface area contributed by atoms with E-state index in [-0.39, 0.29) is 17.4 Å². The Kier molecular flexibility index (Phi) is 5.08. The number of esters is 1. The fraction of sp³-hybridized carbons (Fsp3) is 0.900. The second-order valence-corrected chi connectivity index (χ2v) is 4.09. The number of carbonyl (C=O) groups excluding carboxylic acids is 1. The van der Waals surface area contributed by atoms with Crippen LogP contribution in [0.5, 0.6) is 0 Å². The molecule has 0 fully saturated rings. The van der Waals surface area contributed by atoms with Crippen molar-refractivity contribution in [3.05, 3.63) is 0 Å². The minimum absolute atomic E-state index is 0.214. The summed E-state index contributed by atoms with van der Waals surface area (Å²) in [6.45, 7) is 6.49. The fourth-order valence-corrected chi connectivity index (χ4v) is 1.23. The van der Waals surface area contributed by atoms with E-state index < -0.39 is 0 Å². The first-order valence-corrected chi connectivity index (χ1v) is 4.92. The summed E-state index contributed by atoms with van der Waals surface area (Å²) in [7, 11) is 3.86. The Morgan fingerprint density at radius 2 is 2.00 bits per heavy atom. The first kappa shape index (κ1) is 13.4. The van der Waals surface area contributed by atoms with Gasteiger partial charge in [-0.2, -0.15) is 0 Å². The van der Waals surface area contributed by atoms with Gasteiger partial charge in [-0.1, -0.05) is 0 Å². The molecule has 0 aliphatic carbocycles. The minimum atomic E-state index is -0.280. The Morgan fingerprint density at radius 3 is 2.29 bits per heavy atom. The van der Waals surface area contributed by atoms with Crippen LogP contribution in [0.15, 0.2) is 0 Å². The van der Waals surface area contributed by atoms with Gasteiger partial charge in [0.05, 0.1) is 12.5 Å². The molecule has 0 aliphatic rings. The van der Waals surface area contributed by atoms with Crippen molar-refractivity contribution in [2.45, 2.75) is 26.3 Å².